The Bertz CT molecular complexity index is 509. The van der Waals surface area contributed by atoms with Gasteiger partial charge in [-0.15, -0.1) is 0 Å². The molecule has 2 nitrogen and oxygen atoms in total. The Morgan fingerprint density at radius 1 is 1.29 bits per heavy atom. The average Bonchev–Trinajstić information content (AvgIpc) is 2.14. The minimum absolute atomic E-state index is 0.0947. The van der Waals surface area contributed by atoms with Gasteiger partial charge < -0.3 is 0 Å². The molecule has 1 aromatic rings. The molecule has 0 saturated carbocycles. The summed E-state index contributed by atoms with van der Waals surface area (Å²) in [6.07, 6.45) is -3.98. The van der Waals surface area contributed by atoms with E-state index in [4.69, 9.17) is 10.7 Å². The fraction of sp³-hybridized carbons (Fsp3) is 0.400. The minimum Gasteiger partial charge on any atom is -0.207 e. The second-order valence-corrected chi connectivity index (χ2v) is 5.98. The minimum atomic E-state index is -4.74. The maximum Gasteiger partial charge on any atom is 0.417 e. The lowest BCUT2D eigenvalue weighted by molar-refractivity contribution is -0.139. The Hall–Kier alpha value is -0.750. The van der Waals surface area contributed by atoms with Crippen LogP contribution >= 0.6 is 10.7 Å². The predicted octanol–water partition coefficient (Wildman–Crippen LogP) is 3.59. The quantitative estimate of drug-likeness (QED) is 0.796. The van der Waals surface area contributed by atoms with Gasteiger partial charge in [-0.3, -0.25) is 0 Å². The van der Waals surface area contributed by atoms with Crippen LogP contribution in [0.2, 0.25) is 0 Å². The van der Waals surface area contributed by atoms with Crippen LogP contribution in [-0.4, -0.2) is 8.42 Å². The molecule has 0 amide bonds. The first-order chi connectivity index (χ1) is 7.68. The molecule has 1 rings (SSSR count). The topological polar surface area (TPSA) is 34.1 Å². The number of rotatable bonds is 3. The first-order valence-corrected chi connectivity index (χ1v) is 7.12. The Balaban J connectivity index is 3.58. The van der Waals surface area contributed by atoms with Gasteiger partial charge in [-0.2, -0.15) is 13.2 Å². The van der Waals surface area contributed by atoms with Gasteiger partial charge in [0.25, 0.3) is 9.05 Å². The molecule has 0 heterocycles. The zero-order valence-electron chi connectivity index (χ0n) is 8.88. The standard InChI is InChI=1S/C10H10ClF3O2S/c1-2-4-7-5-3-6-8(10(12,13)14)9(7)17(11,15)16/h3,5-6H,2,4H2,1H3. The van der Waals surface area contributed by atoms with Crippen molar-refractivity contribution in [2.75, 3.05) is 0 Å². The fourth-order valence-electron chi connectivity index (χ4n) is 1.56. The molecular weight excluding hydrogens is 277 g/mol. The molecule has 0 unspecified atom stereocenters. The van der Waals surface area contributed by atoms with Crippen molar-refractivity contribution in [1.82, 2.24) is 0 Å². The molecule has 0 saturated heterocycles. The van der Waals surface area contributed by atoms with Crippen molar-refractivity contribution >= 4 is 19.7 Å². The van der Waals surface area contributed by atoms with Crippen molar-refractivity contribution < 1.29 is 21.6 Å². The highest BCUT2D eigenvalue weighted by atomic mass is 35.7. The Morgan fingerprint density at radius 2 is 1.88 bits per heavy atom. The highest BCUT2D eigenvalue weighted by Crippen LogP contribution is 2.37. The van der Waals surface area contributed by atoms with E-state index in [9.17, 15) is 21.6 Å². The van der Waals surface area contributed by atoms with Crippen molar-refractivity contribution in [2.24, 2.45) is 0 Å². The van der Waals surface area contributed by atoms with Crippen LogP contribution in [0.3, 0.4) is 0 Å². The molecule has 0 atom stereocenters. The van der Waals surface area contributed by atoms with Crippen LogP contribution in [0.25, 0.3) is 0 Å². The second-order valence-electron chi connectivity index (χ2n) is 3.48. The molecule has 7 heteroatoms. The maximum absolute atomic E-state index is 12.7. The summed E-state index contributed by atoms with van der Waals surface area (Å²) in [6, 6.07) is 3.24. The van der Waals surface area contributed by atoms with Crippen LogP contribution < -0.4 is 0 Å². The van der Waals surface area contributed by atoms with Crippen LogP contribution in [0.1, 0.15) is 24.5 Å². The highest BCUT2D eigenvalue weighted by molar-refractivity contribution is 8.13. The van der Waals surface area contributed by atoms with Crippen LogP contribution in [-0.2, 0) is 21.6 Å². The van der Waals surface area contributed by atoms with Crippen LogP contribution in [0.5, 0.6) is 0 Å². The molecule has 0 aliphatic rings. The SMILES string of the molecule is CCCc1cccc(C(F)(F)F)c1S(=O)(=O)Cl. The van der Waals surface area contributed by atoms with E-state index < -0.39 is 25.7 Å². The van der Waals surface area contributed by atoms with Gasteiger partial charge in [0, 0.05) is 10.7 Å². The maximum atomic E-state index is 12.7. The van der Waals surface area contributed by atoms with Crippen molar-refractivity contribution in [1.29, 1.82) is 0 Å². The third-order valence-corrected chi connectivity index (χ3v) is 3.60. The van der Waals surface area contributed by atoms with Gasteiger partial charge in [0.1, 0.15) is 0 Å². The average molecular weight is 287 g/mol. The lowest BCUT2D eigenvalue weighted by Gasteiger charge is -2.14. The molecular formula is C10H10ClF3O2S. The lowest BCUT2D eigenvalue weighted by atomic mass is 10.1. The monoisotopic (exact) mass is 286 g/mol. The first-order valence-electron chi connectivity index (χ1n) is 4.81. The smallest absolute Gasteiger partial charge is 0.207 e. The molecule has 0 aromatic heterocycles. The summed E-state index contributed by atoms with van der Waals surface area (Å²) < 4.78 is 60.6. The number of benzene rings is 1. The third-order valence-electron chi connectivity index (χ3n) is 2.17. The molecule has 0 aliphatic heterocycles. The van der Waals surface area contributed by atoms with E-state index in [1.54, 1.807) is 6.92 Å². The number of aryl methyl sites for hydroxylation is 1. The summed E-state index contributed by atoms with van der Waals surface area (Å²) >= 11 is 0. The van der Waals surface area contributed by atoms with Crippen molar-refractivity contribution in [3.05, 3.63) is 29.3 Å². The molecule has 0 aliphatic carbocycles. The second kappa shape index (κ2) is 4.86. The zero-order valence-corrected chi connectivity index (χ0v) is 10.5. The molecule has 17 heavy (non-hydrogen) atoms. The fourth-order valence-corrected chi connectivity index (χ4v) is 3.04. The predicted molar refractivity (Wildman–Crippen MR) is 58.5 cm³/mol. The molecule has 0 bridgehead atoms. The number of hydrogen-bond donors (Lipinski definition) is 0. The van der Waals surface area contributed by atoms with Gasteiger partial charge in [-0.25, -0.2) is 8.42 Å². The Morgan fingerprint density at radius 3 is 2.29 bits per heavy atom. The summed E-state index contributed by atoms with van der Waals surface area (Å²) in [4.78, 5) is -0.823. The van der Waals surface area contributed by atoms with E-state index in [-0.39, 0.29) is 12.0 Å². The molecule has 96 valence electrons. The van der Waals surface area contributed by atoms with E-state index >= 15 is 0 Å². The Kier molecular flexibility index (Phi) is 4.09. The number of hydrogen-bond acceptors (Lipinski definition) is 2. The summed E-state index contributed by atoms with van der Waals surface area (Å²) in [7, 11) is 0.666. The number of halogens is 4. The summed E-state index contributed by atoms with van der Waals surface area (Å²) in [5.41, 5.74) is -1.12. The van der Waals surface area contributed by atoms with Crippen molar-refractivity contribution in [3.63, 3.8) is 0 Å². The molecule has 0 radical (unpaired) electrons. The van der Waals surface area contributed by atoms with Gasteiger partial charge in [-0.1, -0.05) is 25.5 Å². The summed E-state index contributed by atoms with van der Waals surface area (Å²) in [5, 5.41) is 0. The van der Waals surface area contributed by atoms with Crippen LogP contribution in [0.15, 0.2) is 23.1 Å². The summed E-state index contributed by atoms with van der Waals surface area (Å²) in [5.74, 6) is 0. The van der Waals surface area contributed by atoms with Gasteiger partial charge >= 0.3 is 6.18 Å². The Labute approximate surface area is 102 Å². The zero-order chi connectivity index (χ0) is 13.3. The largest absolute Gasteiger partial charge is 0.417 e. The highest BCUT2D eigenvalue weighted by Gasteiger charge is 2.37. The molecule has 1 aromatic carbocycles. The van der Waals surface area contributed by atoms with Crippen LogP contribution in [0, 0.1) is 0 Å². The van der Waals surface area contributed by atoms with Crippen molar-refractivity contribution in [3.8, 4) is 0 Å². The van der Waals surface area contributed by atoms with Gasteiger partial charge in [-0.05, 0) is 18.1 Å². The molecule has 0 N–H and O–H groups in total. The third kappa shape index (κ3) is 3.35. The van der Waals surface area contributed by atoms with Crippen molar-refractivity contribution in [2.45, 2.75) is 30.8 Å². The first kappa shape index (κ1) is 14.3. The normalized spacial score (nSPS) is 12.8. The summed E-state index contributed by atoms with van der Waals surface area (Å²) in [6.45, 7) is 1.74. The van der Waals surface area contributed by atoms with Gasteiger partial charge in [0.2, 0.25) is 0 Å². The van der Waals surface area contributed by atoms with E-state index in [0.29, 0.717) is 12.5 Å². The molecule has 0 spiro atoms. The van der Waals surface area contributed by atoms with E-state index in [2.05, 4.69) is 0 Å². The molecule has 0 fully saturated rings. The van der Waals surface area contributed by atoms with Gasteiger partial charge in [0.05, 0.1) is 10.5 Å². The van der Waals surface area contributed by atoms with Gasteiger partial charge in [0.15, 0.2) is 0 Å². The van der Waals surface area contributed by atoms with Crippen LogP contribution in [0.4, 0.5) is 13.2 Å². The van der Waals surface area contributed by atoms with E-state index in [1.807, 2.05) is 0 Å². The van der Waals surface area contributed by atoms with E-state index in [1.165, 1.54) is 12.1 Å². The number of alkyl halides is 3. The lowest BCUT2D eigenvalue weighted by Crippen LogP contribution is -2.13. The van der Waals surface area contributed by atoms with E-state index in [0.717, 1.165) is 0 Å².